The zero-order valence-electron chi connectivity index (χ0n) is 19.3. The topological polar surface area (TPSA) is 64.7 Å². The molecule has 31 heavy (non-hydrogen) atoms. The highest BCUT2D eigenvalue weighted by Gasteiger charge is 2.16. The number of aryl methyl sites for hydroxylation is 4. The number of hydrogen-bond acceptors (Lipinski definition) is 4. The summed E-state index contributed by atoms with van der Waals surface area (Å²) in [7, 11) is 1.78. The molecule has 0 radical (unpaired) electrons. The number of likely N-dealkylation sites (N-methyl/N-ethyl adjacent to an activating group) is 1. The Hall–Kier alpha value is -2.86. The van der Waals surface area contributed by atoms with E-state index in [9.17, 15) is 9.59 Å². The van der Waals surface area contributed by atoms with E-state index >= 15 is 0 Å². The molecule has 1 fully saturated rings. The van der Waals surface area contributed by atoms with E-state index in [1.54, 1.807) is 11.9 Å². The van der Waals surface area contributed by atoms with Crippen molar-refractivity contribution in [2.24, 2.45) is 0 Å². The predicted octanol–water partition coefficient (Wildman–Crippen LogP) is 4.03. The van der Waals surface area contributed by atoms with Gasteiger partial charge in [0.05, 0.1) is 13.1 Å². The van der Waals surface area contributed by atoms with Crippen LogP contribution in [0.25, 0.3) is 0 Å². The van der Waals surface area contributed by atoms with Crippen LogP contribution in [-0.2, 0) is 9.59 Å². The van der Waals surface area contributed by atoms with Gasteiger partial charge in [0, 0.05) is 30.2 Å². The van der Waals surface area contributed by atoms with Crippen LogP contribution < -0.4 is 15.5 Å². The predicted molar refractivity (Wildman–Crippen MR) is 128 cm³/mol. The first-order valence-electron chi connectivity index (χ1n) is 10.9. The molecule has 166 valence electrons. The molecule has 0 aromatic heterocycles. The minimum absolute atomic E-state index is 0.128. The average molecular weight is 423 g/mol. The largest absolute Gasteiger partial charge is 0.372 e. The van der Waals surface area contributed by atoms with Crippen molar-refractivity contribution in [1.82, 2.24) is 4.90 Å². The van der Waals surface area contributed by atoms with Crippen molar-refractivity contribution >= 4 is 28.9 Å². The van der Waals surface area contributed by atoms with Gasteiger partial charge in [0.25, 0.3) is 0 Å². The molecule has 1 aliphatic heterocycles. The van der Waals surface area contributed by atoms with Crippen molar-refractivity contribution in [1.29, 1.82) is 0 Å². The van der Waals surface area contributed by atoms with E-state index in [1.807, 2.05) is 33.8 Å². The summed E-state index contributed by atoms with van der Waals surface area (Å²) >= 11 is 0. The number of hydrogen-bond donors (Lipinski definition) is 2. The fraction of sp³-hybridized carbons (Fsp3) is 0.440. The second-order valence-corrected chi connectivity index (χ2v) is 8.74. The molecule has 1 heterocycles. The summed E-state index contributed by atoms with van der Waals surface area (Å²) in [5.74, 6) is -0.258. The molecule has 1 aliphatic rings. The van der Waals surface area contributed by atoms with Crippen LogP contribution in [0.2, 0.25) is 0 Å². The van der Waals surface area contributed by atoms with Gasteiger partial charge in [-0.1, -0.05) is 17.7 Å². The molecule has 6 heteroatoms. The Morgan fingerprint density at radius 1 is 0.871 bits per heavy atom. The number of rotatable bonds is 7. The molecule has 0 unspecified atom stereocenters. The first-order chi connectivity index (χ1) is 14.7. The Bertz CT molecular complexity index is 941. The van der Waals surface area contributed by atoms with Crippen molar-refractivity contribution < 1.29 is 9.59 Å². The number of amides is 2. The van der Waals surface area contributed by atoms with E-state index in [4.69, 9.17) is 0 Å². The Balaban J connectivity index is 1.52. The molecule has 2 N–H and O–H groups in total. The molecular weight excluding hydrogens is 388 g/mol. The Morgan fingerprint density at radius 2 is 1.45 bits per heavy atom. The van der Waals surface area contributed by atoms with Gasteiger partial charge >= 0.3 is 0 Å². The van der Waals surface area contributed by atoms with Crippen LogP contribution >= 0.6 is 0 Å². The van der Waals surface area contributed by atoms with Crippen molar-refractivity contribution in [2.75, 3.05) is 48.8 Å². The Kier molecular flexibility index (Phi) is 7.33. The third-order valence-electron chi connectivity index (χ3n) is 5.72. The highest BCUT2D eigenvalue weighted by Crippen LogP contribution is 2.25. The maximum absolute atomic E-state index is 12.5. The summed E-state index contributed by atoms with van der Waals surface area (Å²) in [6, 6.07) is 10.3. The van der Waals surface area contributed by atoms with Crippen molar-refractivity contribution in [3.8, 4) is 0 Å². The standard InChI is InChI=1S/C25H34N4O2/c1-17-12-19(3)25(20(4)13-17)27-24(31)16-28(5)15-23(30)26-22-9-8-21(14-18(22)2)29-10-6-7-11-29/h8-9,12-14H,6-7,10-11,15-16H2,1-5H3,(H,26,30)(H,27,31). The number of benzene rings is 2. The molecule has 2 amide bonds. The maximum atomic E-state index is 12.5. The van der Waals surface area contributed by atoms with Gasteiger partial charge in [-0.2, -0.15) is 0 Å². The lowest BCUT2D eigenvalue weighted by Gasteiger charge is -2.20. The average Bonchev–Trinajstić information content (AvgIpc) is 3.21. The van der Waals surface area contributed by atoms with E-state index in [0.717, 1.165) is 41.2 Å². The lowest BCUT2D eigenvalue weighted by atomic mass is 10.1. The monoisotopic (exact) mass is 422 g/mol. The van der Waals surface area contributed by atoms with Gasteiger partial charge in [-0.15, -0.1) is 0 Å². The summed E-state index contributed by atoms with van der Waals surface area (Å²) in [6.07, 6.45) is 2.47. The van der Waals surface area contributed by atoms with E-state index < -0.39 is 0 Å². The quantitative estimate of drug-likeness (QED) is 0.707. The molecule has 6 nitrogen and oxygen atoms in total. The molecule has 0 saturated carbocycles. The molecular formula is C25H34N4O2. The molecule has 0 spiro atoms. The second-order valence-electron chi connectivity index (χ2n) is 8.74. The zero-order chi connectivity index (χ0) is 22.5. The van der Waals surface area contributed by atoms with Crippen LogP contribution in [0.4, 0.5) is 17.1 Å². The minimum Gasteiger partial charge on any atom is -0.372 e. The lowest BCUT2D eigenvalue weighted by molar-refractivity contribution is -0.119. The highest BCUT2D eigenvalue weighted by atomic mass is 16.2. The minimum atomic E-state index is -0.130. The van der Waals surface area contributed by atoms with Crippen molar-refractivity contribution in [3.63, 3.8) is 0 Å². The first kappa shape index (κ1) is 22.8. The van der Waals surface area contributed by atoms with Gasteiger partial charge in [-0.3, -0.25) is 14.5 Å². The number of carbonyl (C=O) groups excluding carboxylic acids is 2. The third-order valence-corrected chi connectivity index (χ3v) is 5.72. The van der Waals surface area contributed by atoms with Crippen LogP contribution in [0.5, 0.6) is 0 Å². The number of carbonyl (C=O) groups is 2. The molecule has 2 aromatic rings. The van der Waals surface area contributed by atoms with E-state index in [2.05, 4.69) is 39.8 Å². The highest BCUT2D eigenvalue weighted by molar-refractivity contribution is 5.96. The smallest absolute Gasteiger partial charge is 0.238 e. The molecule has 1 saturated heterocycles. The molecule has 0 bridgehead atoms. The van der Waals surface area contributed by atoms with Gasteiger partial charge in [0.15, 0.2) is 0 Å². The molecule has 0 atom stereocenters. The zero-order valence-corrected chi connectivity index (χ0v) is 19.3. The van der Waals surface area contributed by atoms with Crippen molar-refractivity contribution in [3.05, 3.63) is 52.6 Å². The molecule has 0 aliphatic carbocycles. The van der Waals surface area contributed by atoms with Crippen LogP contribution in [0.1, 0.15) is 35.1 Å². The number of nitrogens with one attached hydrogen (secondary N) is 2. The third kappa shape index (κ3) is 6.07. The summed E-state index contributed by atoms with van der Waals surface area (Å²) in [5.41, 5.74) is 7.18. The van der Waals surface area contributed by atoms with Gasteiger partial charge in [-0.05, 0) is 82.5 Å². The fourth-order valence-corrected chi connectivity index (χ4v) is 4.25. The maximum Gasteiger partial charge on any atom is 0.238 e. The SMILES string of the molecule is Cc1cc(C)c(NC(=O)CN(C)CC(=O)Nc2ccc(N3CCCC3)cc2C)c(C)c1. The number of nitrogens with zero attached hydrogens (tertiary/aromatic N) is 2. The van der Waals surface area contributed by atoms with Gasteiger partial charge < -0.3 is 15.5 Å². The Labute approximate surface area is 185 Å². The van der Waals surface area contributed by atoms with Crippen molar-refractivity contribution in [2.45, 2.75) is 40.5 Å². The fourth-order valence-electron chi connectivity index (χ4n) is 4.25. The van der Waals surface area contributed by atoms with Gasteiger partial charge in [0.2, 0.25) is 11.8 Å². The second kappa shape index (κ2) is 9.96. The first-order valence-corrected chi connectivity index (χ1v) is 10.9. The number of anilines is 3. The summed E-state index contributed by atoms with van der Waals surface area (Å²) in [6.45, 7) is 10.5. The van der Waals surface area contributed by atoms with E-state index in [0.29, 0.717) is 0 Å². The summed E-state index contributed by atoms with van der Waals surface area (Å²) < 4.78 is 0. The van der Waals surface area contributed by atoms with Crippen LogP contribution in [-0.4, -0.2) is 49.9 Å². The van der Waals surface area contributed by atoms with Gasteiger partial charge in [-0.25, -0.2) is 0 Å². The van der Waals surface area contributed by atoms with Crippen LogP contribution in [0, 0.1) is 27.7 Å². The summed E-state index contributed by atoms with van der Waals surface area (Å²) in [5, 5.41) is 5.96. The lowest BCUT2D eigenvalue weighted by Crippen LogP contribution is -2.36. The summed E-state index contributed by atoms with van der Waals surface area (Å²) in [4.78, 5) is 29.1. The van der Waals surface area contributed by atoms with E-state index in [1.165, 1.54) is 24.1 Å². The Morgan fingerprint density at radius 3 is 2.03 bits per heavy atom. The molecule has 3 rings (SSSR count). The van der Waals surface area contributed by atoms with Gasteiger partial charge in [0.1, 0.15) is 0 Å². The van der Waals surface area contributed by atoms with Crippen LogP contribution in [0.3, 0.4) is 0 Å². The van der Waals surface area contributed by atoms with Crippen LogP contribution in [0.15, 0.2) is 30.3 Å². The normalized spacial score (nSPS) is 13.5. The molecule has 2 aromatic carbocycles. The van der Waals surface area contributed by atoms with E-state index in [-0.39, 0.29) is 24.9 Å².